The van der Waals surface area contributed by atoms with Crippen molar-refractivity contribution < 1.29 is 22.0 Å². The monoisotopic (exact) mass is 452 g/mol. The van der Waals surface area contributed by atoms with Crippen LogP contribution in [0.15, 0.2) is 93.2 Å². The molecule has 0 spiro atoms. The Morgan fingerprint density at radius 1 is 0.969 bits per heavy atom. The summed E-state index contributed by atoms with van der Waals surface area (Å²) in [6.45, 7) is 2.61. The van der Waals surface area contributed by atoms with Gasteiger partial charge in [0.05, 0.1) is 17.1 Å². The zero-order chi connectivity index (χ0) is 22.6. The summed E-state index contributed by atoms with van der Waals surface area (Å²) in [5, 5.41) is 2.68. The van der Waals surface area contributed by atoms with Crippen molar-refractivity contribution in [2.75, 3.05) is 11.9 Å². The van der Waals surface area contributed by atoms with Crippen LogP contribution >= 0.6 is 0 Å². The maximum Gasteiger partial charge on any atom is 0.234 e. The first kappa shape index (κ1) is 21.6. The van der Waals surface area contributed by atoms with Crippen LogP contribution in [0.4, 0.5) is 10.3 Å². The highest BCUT2D eigenvalue weighted by Crippen LogP contribution is 2.34. The van der Waals surface area contributed by atoms with Gasteiger partial charge in [0.15, 0.2) is 0 Å². The van der Waals surface area contributed by atoms with E-state index in [0.29, 0.717) is 18.9 Å². The molecule has 0 aliphatic rings. The van der Waals surface area contributed by atoms with E-state index >= 15 is 0 Å². The van der Waals surface area contributed by atoms with Gasteiger partial charge in [0.1, 0.15) is 11.6 Å². The average Bonchev–Trinajstić information content (AvgIpc) is 3.24. The summed E-state index contributed by atoms with van der Waals surface area (Å²) in [5.41, 5.74) is 0.990. The first-order valence-corrected chi connectivity index (χ1v) is 11.5. The molecular weight excluding hydrogens is 431 g/mol. The summed E-state index contributed by atoms with van der Waals surface area (Å²) >= 11 is 0. The van der Waals surface area contributed by atoms with E-state index in [2.05, 4.69) is 10.3 Å². The smallest absolute Gasteiger partial charge is 0.234 e. The molecule has 1 N–H and O–H groups in total. The maximum absolute atomic E-state index is 14.3. The molecule has 4 aromatic rings. The molecule has 4 rings (SSSR count). The molecule has 0 atom stereocenters. The van der Waals surface area contributed by atoms with Gasteiger partial charge in [-0.2, -0.15) is 4.98 Å². The van der Waals surface area contributed by atoms with Crippen molar-refractivity contribution in [1.82, 2.24) is 4.98 Å². The van der Waals surface area contributed by atoms with Crippen LogP contribution in [0.25, 0.3) is 11.5 Å². The first-order valence-electron chi connectivity index (χ1n) is 10.0. The lowest BCUT2D eigenvalue weighted by atomic mass is 10.2. The molecule has 8 heteroatoms. The van der Waals surface area contributed by atoms with Gasteiger partial charge >= 0.3 is 0 Å². The summed E-state index contributed by atoms with van der Waals surface area (Å²) in [4.78, 5) is 4.20. The summed E-state index contributed by atoms with van der Waals surface area (Å²) in [7, 11) is -4.05. The Labute approximate surface area is 185 Å². The summed E-state index contributed by atoms with van der Waals surface area (Å²) in [5.74, 6) is -0.182. The number of nitrogens with one attached hydrogen (secondary N) is 1. The van der Waals surface area contributed by atoms with Gasteiger partial charge in [-0.15, -0.1) is 0 Å². The Morgan fingerprint density at radius 2 is 1.66 bits per heavy atom. The van der Waals surface area contributed by atoms with E-state index in [1.807, 2.05) is 37.3 Å². The first-order chi connectivity index (χ1) is 15.5. The van der Waals surface area contributed by atoms with E-state index in [1.54, 1.807) is 18.2 Å². The Hall–Kier alpha value is -3.65. The Morgan fingerprint density at radius 3 is 2.34 bits per heavy atom. The number of anilines is 1. The fourth-order valence-electron chi connectivity index (χ4n) is 3.12. The van der Waals surface area contributed by atoms with Crippen LogP contribution in [0, 0.1) is 5.82 Å². The molecule has 0 aliphatic carbocycles. The Balaban J connectivity index is 1.75. The van der Waals surface area contributed by atoms with Crippen LogP contribution in [0.5, 0.6) is 5.75 Å². The van der Waals surface area contributed by atoms with Gasteiger partial charge in [0.2, 0.25) is 26.6 Å². The van der Waals surface area contributed by atoms with Crippen LogP contribution < -0.4 is 10.1 Å². The molecule has 0 amide bonds. The van der Waals surface area contributed by atoms with Gasteiger partial charge in [-0.25, -0.2) is 12.8 Å². The van der Waals surface area contributed by atoms with E-state index in [4.69, 9.17) is 9.15 Å². The molecule has 0 saturated heterocycles. The molecule has 164 valence electrons. The van der Waals surface area contributed by atoms with Crippen molar-refractivity contribution in [1.29, 1.82) is 0 Å². The minimum absolute atomic E-state index is 0.0251. The highest BCUT2D eigenvalue weighted by atomic mass is 32.2. The molecule has 0 aliphatic heterocycles. The number of benzene rings is 3. The normalized spacial score (nSPS) is 11.3. The summed E-state index contributed by atoms with van der Waals surface area (Å²) < 4.78 is 52.1. The number of aromatic nitrogens is 1. The molecule has 3 aromatic carbocycles. The van der Waals surface area contributed by atoms with Crippen LogP contribution in [-0.2, 0) is 16.4 Å². The molecule has 1 heterocycles. The maximum atomic E-state index is 14.3. The van der Waals surface area contributed by atoms with E-state index in [-0.39, 0.29) is 27.3 Å². The quantitative estimate of drug-likeness (QED) is 0.389. The second-order valence-corrected chi connectivity index (χ2v) is 8.75. The number of hydrogen-bond acceptors (Lipinski definition) is 6. The highest BCUT2D eigenvalue weighted by Gasteiger charge is 2.29. The predicted molar refractivity (Wildman–Crippen MR) is 119 cm³/mol. The lowest BCUT2D eigenvalue weighted by Gasteiger charge is -2.07. The minimum Gasteiger partial charge on any atom is -0.494 e. The third kappa shape index (κ3) is 4.50. The van der Waals surface area contributed by atoms with E-state index in [9.17, 15) is 12.8 Å². The molecule has 32 heavy (non-hydrogen) atoms. The van der Waals surface area contributed by atoms with Crippen LogP contribution in [-0.4, -0.2) is 20.0 Å². The molecule has 0 unspecified atom stereocenters. The van der Waals surface area contributed by atoms with Gasteiger partial charge in [0, 0.05) is 6.54 Å². The van der Waals surface area contributed by atoms with Crippen molar-refractivity contribution in [3.8, 4) is 17.2 Å². The van der Waals surface area contributed by atoms with Crippen molar-refractivity contribution in [3.05, 3.63) is 90.2 Å². The molecule has 0 saturated carbocycles. The number of oxazole rings is 1. The number of nitrogens with zero attached hydrogens (tertiary/aromatic N) is 1. The van der Waals surface area contributed by atoms with E-state index < -0.39 is 15.7 Å². The predicted octanol–water partition coefficient (Wildman–Crippen LogP) is 5.32. The zero-order valence-corrected chi connectivity index (χ0v) is 18.1. The Bertz CT molecular complexity index is 1300. The van der Waals surface area contributed by atoms with Gasteiger partial charge < -0.3 is 14.5 Å². The topological polar surface area (TPSA) is 81.4 Å². The van der Waals surface area contributed by atoms with Crippen LogP contribution in [0.2, 0.25) is 0 Å². The average molecular weight is 453 g/mol. The fourth-order valence-corrected chi connectivity index (χ4v) is 4.40. The summed E-state index contributed by atoms with van der Waals surface area (Å²) in [6, 6.07) is 21.4. The van der Waals surface area contributed by atoms with E-state index in [1.165, 1.54) is 30.3 Å². The number of ether oxygens (including phenoxy) is 1. The fraction of sp³-hybridized carbons (Fsp3) is 0.125. The van der Waals surface area contributed by atoms with Gasteiger partial charge in [-0.3, -0.25) is 0 Å². The second-order valence-electron chi connectivity index (χ2n) is 6.88. The number of halogens is 1. The number of sulfone groups is 1. The third-order valence-corrected chi connectivity index (χ3v) is 6.37. The third-order valence-electron chi connectivity index (χ3n) is 4.70. The van der Waals surface area contributed by atoms with Crippen molar-refractivity contribution in [3.63, 3.8) is 0 Å². The van der Waals surface area contributed by atoms with Crippen molar-refractivity contribution >= 4 is 15.7 Å². The highest BCUT2D eigenvalue weighted by molar-refractivity contribution is 7.91. The minimum atomic E-state index is -4.05. The molecule has 0 radical (unpaired) electrons. The summed E-state index contributed by atoms with van der Waals surface area (Å²) in [6.07, 6.45) is 0. The standard InChI is InChI=1S/C24H21FN2O4S/c1-2-30-18-12-14-19(15-13-18)32(28,29)24-23(26-16-17-8-4-3-5-9-17)31-22(27-24)20-10-6-7-11-21(20)25/h3-15,26H,2,16H2,1H3. The van der Waals surface area contributed by atoms with Crippen molar-refractivity contribution in [2.24, 2.45) is 0 Å². The SMILES string of the molecule is CCOc1ccc(S(=O)(=O)c2nc(-c3ccccc3F)oc2NCc2ccccc2)cc1. The van der Waals surface area contributed by atoms with Crippen LogP contribution in [0.1, 0.15) is 12.5 Å². The number of hydrogen-bond donors (Lipinski definition) is 1. The second kappa shape index (κ2) is 9.23. The van der Waals surface area contributed by atoms with Crippen LogP contribution in [0.3, 0.4) is 0 Å². The van der Waals surface area contributed by atoms with Gasteiger partial charge in [-0.05, 0) is 48.9 Å². The molecular formula is C24H21FN2O4S. The number of rotatable bonds is 8. The molecule has 6 nitrogen and oxygen atoms in total. The molecule has 0 bridgehead atoms. The van der Waals surface area contributed by atoms with Gasteiger partial charge in [0.25, 0.3) is 0 Å². The zero-order valence-electron chi connectivity index (χ0n) is 17.3. The van der Waals surface area contributed by atoms with E-state index in [0.717, 1.165) is 5.56 Å². The molecule has 0 fully saturated rings. The van der Waals surface area contributed by atoms with Gasteiger partial charge in [-0.1, -0.05) is 42.5 Å². The largest absolute Gasteiger partial charge is 0.494 e. The lowest BCUT2D eigenvalue weighted by Crippen LogP contribution is -2.07. The lowest BCUT2D eigenvalue weighted by molar-refractivity contribution is 0.340. The Kier molecular flexibility index (Phi) is 6.23. The van der Waals surface area contributed by atoms with Crippen molar-refractivity contribution in [2.45, 2.75) is 23.4 Å². The molecule has 1 aromatic heterocycles.